The van der Waals surface area contributed by atoms with Crippen LogP contribution in [0.3, 0.4) is 0 Å². The zero-order chi connectivity index (χ0) is 51.1. The van der Waals surface area contributed by atoms with Gasteiger partial charge in [-0.1, -0.05) is 229 Å². The minimum atomic E-state index is -0.251. The van der Waals surface area contributed by atoms with Gasteiger partial charge in [0.15, 0.2) is 0 Å². The van der Waals surface area contributed by atoms with Crippen LogP contribution in [0.1, 0.15) is 86.8 Å². The summed E-state index contributed by atoms with van der Waals surface area (Å²) in [6.07, 6.45) is 6.71. The fourth-order valence-electron chi connectivity index (χ4n) is 14.3. The number of hydrogen-bond donors (Lipinski definition) is 0. The number of para-hydroxylation sites is 6. The molecule has 2 heteroatoms. The third kappa shape index (κ3) is 6.86. The van der Waals surface area contributed by atoms with Gasteiger partial charge in [0.1, 0.15) is 0 Å². The highest BCUT2D eigenvalue weighted by Crippen LogP contribution is 2.61. The molecule has 0 saturated heterocycles. The molecule has 1 fully saturated rings. The van der Waals surface area contributed by atoms with Crippen LogP contribution >= 0.6 is 0 Å². The Morgan fingerprint density at radius 3 is 1.67 bits per heavy atom. The van der Waals surface area contributed by atoms with Crippen molar-refractivity contribution in [2.45, 2.75) is 77.0 Å². The normalized spacial score (nSPS) is 14.7. The summed E-state index contributed by atoms with van der Waals surface area (Å²) in [4.78, 5) is 5.09. The number of anilines is 6. The topological polar surface area (TPSA) is 6.48 Å². The maximum Gasteiger partial charge on any atom is 0.0581 e. The first-order chi connectivity index (χ1) is 37.4. The zero-order valence-corrected chi connectivity index (χ0v) is 44.1. The second kappa shape index (κ2) is 18.1. The molecule has 0 aromatic heterocycles. The van der Waals surface area contributed by atoms with Crippen LogP contribution in [0.2, 0.25) is 0 Å². The van der Waals surface area contributed by atoms with Crippen LogP contribution in [0.25, 0.3) is 66.1 Å². The number of nitrogens with zero attached hydrogens (tertiary/aromatic N) is 2. The Hall–Kier alpha value is -8.46. The van der Waals surface area contributed by atoms with Crippen LogP contribution in [0.5, 0.6) is 0 Å². The van der Waals surface area contributed by atoms with Crippen molar-refractivity contribution in [2.75, 3.05) is 9.80 Å². The lowest BCUT2D eigenvalue weighted by Gasteiger charge is -2.43. The van der Waals surface area contributed by atoms with Gasteiger partial charge in [-0.2, -0.15) is 0 Å². The van der Waals surface area contributed by atoms with Crippen molar-refractivity contribution in [1.29, 1.82) is 0 Å². The number of aryl methyl sites for hydroxylation is 2. The lowest BCUT2D eigenvalue weighted by molar-refractivity contribution is 0.550. The van der Waals surface area contributed by atoms with Crippen LogP contribution in [-0.4, -0.2) is 0 Å². The predicted molar refractivity (Wildman–Crippen MR) is 323 cm³/mol. The second-order valence-corrected chi connectivity index (χ2v) is 22.0. The van der Waals surface area contributed by atoms with Gasteiger partial charge in [-0.25, -0.2) is 0 Å². The first kappa shape index (κ1) is 46.1. The molecule has 1 saturated carbocycles. The Balaban J connectivity index is 1.12. The maximum atomic E-state index is 2.57. The molecule has 0 radical (unpaired) electrons. The molecule has 0 N–H and O–H groups in total. The molecule has 3 aliphatic rings. The van der Waals surface area contributed by atoms with Crippen LogP contribution in [0.15, 0.2) is 231 Å². The largest absolute Gasteiger partial charge is 0.309 e. The third-order valence-electron chi connectivity index (χ3n) is 17.8. The molecule has 14 rings (SSSR count). The molecular weight excluding hydrogens is 917 g/mol. The molecule has 368 valence electrons. The Labute approximate surface area is 448 Å². The minimum Gasteiger partial charge on any atom is -0.309 e. The molecule has 1 aliphatic heterocycles. The van der Waals surface area contributed by atoms with Crippen molar-refractivity contribution >= 4 is 55.7 Å². The summed E-state index contributed by atoms with van der Waals surface area (Å²) >= 11 is 0. The molecule has 0 atom stereocenters. The number of hydrogen-bond acceptors (Lipinski definition) is 2. The van der Waals surface area contributed by atoms with Crippen LogP contribution in [0, 0.1) is 0 Å². The quantitative estimate of drug-likeness (QED) is 0.133. The second-order valence-electron chi connectivity index (χ2n) is 22.0. The Morgan fingerprint density at radius 2 is 0.934 bits per heavy atom. The van der Waals surface area contributed by atoms with Crippen LogP contribution < -0.4 is 9.80 Å². The number of rotatable bonds is 9. The SMILES string of the molecule is CCc1ccccc1N(c1ccccc1)c1c(CC)cccc1-c1cccc2c(-c3cccc4c3-c3ccccc3C43CCCC3)c3cccc(-c4cccc5c4N(c4ccccc4)c4ccccc4C5(C)C)c3cc12. The van der Waals surface area contributed by atoms with E-state index < -0.39 is 0 Å². The summed E-state index contributed by atoms with van der Waals surface area (Å²) in [7, 11) is 0. The van der Waals surface area contributed by atoms with E-state index in [9.17, 15) is 0 Å². The van der Waals surface area contributed by atoms with Crippen LogP contribution in [-0.2, 0) is 23.7 Å². The average molecular weight is 979 g/mol. The van der Waals surface area contributed by atoms with Gasteiger partial charge in [-0.15, -0.1) is 0 Å². The summed E-state index contributed by atoms with van der Waals surface area (Å²) in [5.41, 5.74) is 25.6. The highest BCUT2D eigenvalue weighted by Gasteiger charge is 2.46. The van der Waals surface area contributed by atoms with Gasteiger partial charge in [0.25, 0.3) is 0 Å². The van der Waals surface area contributed by atoms with Gasteiger partial charge in [0.2, 0.25) is 0 Å². The van der Waals surface area contributed by atoms with E-state index >= 15 is 0 Å². The average Bonchev–Trinajstić information content (AvgIpc) is 4.19. The van der Waals surface area contributed by atoms with Gasteiger partial charge in [-0.3, -0.25) is 0 Å². The molecular formula is C74H62N2. The minimum absolute atomic E-state index is 0.0386. The van der Waals surface area contributed by atoms with Crippen molar-refractivity contribution in [2.24, 2.45) is 0 Å². The first-order valence-electron chi connectivity index (χ1n) is 27.8. The summed E-state index contributed by atoms with van der Waals surface area (Å²) in [5.74, 6) is 0. The van der Waals surface area contributed by atoms with Crippen molar-refractivity contribution in [3.63, 3.8) is 0 Å². The molecule has 2 nitrogen and oxygen atoms in total. The highest BCUT2D eigenvalue weighted by atomic mass is 15.2. The monoisotopic (exact) mass is 978 g/mol. The molecule has 1 heterocycles. The molecule has 0 bridgehead atoms. The fourth-order valence-corrected chi connectivity index (χ4v) is 14.3. The molecule has 2 aliphatic carbocycles. The van der Waals surface area contributed by atoms with E-state index in [0.717, 1.165) is 24.2 Å². The predicted octanol–water partition coefficient (Wildman–Crippen LogP) is 20.5. The lowest BCUT2D eigenvalue weighted by Crippen LogP contribution is -2.31. The number of benzene rings is 11. The van der Waals surface area contributed by atoms with E-state index in [1.807, 2.05) is 0 Å². The van der Waals surface area contributed by atoms with Crippen LogP contribution in [0.4, 0.5) is 34.1 Å². The maximum absolute atomic E-state index is 2.57. The summed E-state index contributed by atoms with van der Waals surface area (Å²) in [6, 6.07) is 87.6. The van der Waals surface area contributed by atoms with E-state index in [1.54, 1.807) is 0 Å². The highest BCUT2D eigenvalue weighted by molar-refractivity contribution is 6.22. The molecule has 0 amide bonds. The molecule has 0 unspecified atom stereocenters. The van der Waals surface area contributed by atoms with Crippen molar-refractivity contribution in [3.05, 3.63) is 264 Å². The summed E-state index contributed by atoms with van der Waals surface area (Å²) < 4.78 is 0. The molecule has 11 aromatic rings. The Kier molecular flexibility index (Phi) is 11.0. The molecule has 1 spiro atoms. The van der Waals surface area contributed by atoms with E-state index in [-0.39, 0.29) is 10.8 Å². The zero-order valence-electron chi connectivity index (χ0n) is 44.1. The van der Waals surface area contributed by atoms with Gasteiger partial charge in [0, 0.05) is 39.0 Å². The number of fused-ring (bicyclic) bond motifs is 9. The molecule has 11 aromatic carbocycles. The summed E-state index contributed by atoms with van der Waals surface area (Å²) in [5, 5.41) is 5.03. The van der Waals surface area contributed by atoms with E-state index in [0.29, 0.717) is 0 Å². The van der Waals surface area contributed by atoms with Crippen molar-refractivity contribution < 1.29 is 0 Å². The van der Waals surface area contributed by atoms with Gasteiger partial charge >= 0.3 is 0 Å². The van der Waals surface area contributed by atoms with Crippen molar-refractivity contribution in [1.82, 2.24) is 0 Å². The third-order valence-corrected chi connectivity index (χ3v) is 17.8. The van der Waals surface area contributed by atoms with Crippen molar-refractivity contribution in [3.8, 4) is 44.5 Å². The first-order valence-corrected chi connectivity index (χ1v) is 27.8. The standard InChI is InChI=1S/C74H62N2/c1-5-49-26-13-17-44-67(49)75(51-28-9-7-10-29-51)71-50(6-2)27-21-37-57(71)53-33-22-35-55-61(53)48-62-54(58-38-24-43-66-72(58)76(52-30-11-8-12-31-52)68-45-18-16-41-64(68)73(66,3)4)34-23-36-56(62)69(55)60-39-25-42-65-70(60)59-32-14-15-40-63(59)74(65)46-19-20-47-74/h7-18,21-45,48H,5-6,19-20,46-47H2,1-4H3. The Morgan fingerprint density at radius 1 is 0.408 bits per heavy atom. The smallest absolute Gasteiger partial charge is 0.0581 e. The van der Waals surface area contributed by atoms with E-state index in [4.69, 9.17) is 0 Å². The van der Waals surface area contributed by atoms with Gasteiger partial charge in [-0.05, 0) is 156 Å². The lowest BCUT2D eigenvalue weighted by atomic mass is 9.72. The van der Waals surface area contributed by atoms with Gasteiger partial charge in [0.05, 0.1) is 17.1 Å². The van der Waals surface area contributed by atoms with E-state index in [1.165, 1.54) is 148 Å². The Bertz CT molecular complexity index is 4060. The van der Waals surface area contributed by atoms with Gasteiger partial charge < -0.3 is 9.80 Å². The fraction of sp³-hybridized carbons (Fsp3) is 0.162. The molecule has 76 heavy (non-hydrogen) atoms. The summed E-state index contributed by atoms with van der Waals surface area (Å²) in [6.45, 7) is 9.40. The van der Waals surface area contributed by atoms with E-state index in [2.05, 4.69) is 268 Å².